The molecule has 0 spiro atoms. The van der Waals surface area contributed by atoms with Crippen LogP contribution in [0.1, 0.15) is 13.3 Å². The summed E-state index contributed by atoms with van der Waals surface area (Å²) in [6.45, 7) is 1.92. The van der Waals surface area contributed by atoms with E-state index < -0.39 is 26.6 Å². The number of nitrogens with one attached hydrogen (secondary N) is 1. The highest BCUT2D eigenvalue weighted by Crippen LogP contribution is 2.16. The van der Waals surface area contributed by atoms with Crippen molar-refractivity contribution in [3.63, 3.8) is 0 Å². The molecule has 3 N–H and O–H groups in total. The average molecular weight is 308 g/mol. The van der Waals surface area contributed by atoms with Gasteiger partial charge in [0.15, 0.2) is 0 Å². The van der Waals surface area contributed by atoms with Gasteiger partial charge in [-0.3, -0.25) is 4.21 Å². The van der Waals surface area contributed by atoms with Gasteiger partial charge in [-0.05, 0) is 24.6 Å². The Kier molecular flexibility index (Phi) is 5.45. The van der Waals surface area contributed by atoms with E-state index in [1.807, 2.05) is 0 Å². The van der Waals surface area contributed by atoms with Crippen LogP contribution in [0.2, 0.25) is 0 Å². The third kappa shape index (κ3) is 4.55. The summed E-state index contributed by atoms with van der Waals surface area (Å²) in [7, 11) is -4.77. The van der Waals surface area contributed by atoms with Crippen LogP contribution >= 0.6 is 0 Å². The van der Waals surface area contributed by atoms with Gasteiger partial charge in [-0.1, -0.05) is 6.92 Å². The van der Waals surface area contributed by atoms with Crippen molar-refractivity contribution < 1.29 is 17.0 Å². The molecule has 0 aliphatic carbocycles. The molecule has 2 unspecified atom stereocenters. The number of nitrogen functional groups attached to an aromatic ring is 1. The highest BCUT2D eigenvalue weighted by molar-refractivity contribution is 7.89. The lowest BCUT2D eigenvalue weighted by atomic mass is 10.3. The van der Waals surface area contributed by atoms with Crippen molar-refractivity contribution in [3.05, 3.63) is 24.0 Å². The van der Waals surface area contributed by atoms with Gasteiger partial charge in [-0.25, -0.2) is 17.5 Å². The van der Waals surface area contributed by atoms with Gasteiger partial charge in [0.05, 0.1) is 10.6 Å². The standard InChI is InChI=1S/C11H17FN2O3S2/c1-8(18(2)15)5-6-14-19(16,17)9-3-4-11(13)10(12)7-9/h3-4,7-8,14H,5-6,13H2,1-2H3. The smallest absolute Gasteiger partial charge is 0.240 e. The highest BCUT2D eigenvalue weighted by Gasteiger charge is 2.16. The topological polar surface area (TPSA) is 89.3 Å². The summed E-state index contributed by atoms with van der Waals surface area (Å²) in [5.74, 6) is -0.772. The Morgan fingerprint density at radius 3 is 2.63 bits per heavy atom. The molecule has 0 radical (unpaired) electrons. The largest absolute Gasteiger partial charge is 0.396 e. The molecule has 8 heteroatoms. The van der Waals surface area contributed by atoms with Gasteiger partial charge in [-0.2, -0.15) is 0 Å². The fourth-order valence-electron chi connectivity index (χ4n) is 1.32. The SMILES string of the molecule is CC(CCNS(=O)(=O)c1ccc(N)c(F)c1)S(C)=O. The molecule has 1 rings (SSSR count). The van der Waals surface area contributed by atoms with E-state index >= 15 is 0 Å². The predicted molar refractivity (Wildman–Crippen MR) is 74.1 cm³/mol. The number of hydrogen-bond acceptors (Lipinski definition) is 4. The predicted octanol–water partition coefficient (Wildman–Crippen LogP) is 0.843. The van der Waals surface area contributed by atoms with Crippen molar-refractivity contribution in [2.45, 2.75) is 23.5 Å². The van der Waals surface area contributed by atoms with Gasteiger partial charge >= 0.3 is 0 Å². The Balaban J connectivity index is 2.71. The molecule has 0 aliphatic rings. The zero-order valence-electron chi connectivity index (χ0n) is 10.7. The van der Waals surface area contributed by atoms with Crippen molar-refractivity contribution in [2.24, 2.45) is 0 Å². The average Bonchev–Trinajstić information content (AvgIpc) is 2.32. The van der Waals surface area contributed by atoms with E-state index in [0.29, 0.717) is 6.42 Å². The number of hydrogen-bond donors (Lipinski definition) is 2. The fourth-order valence-corrected chi connectivity index (χ4v) is 2.83. The second-order valence-corrected chi connectivity index (χ2v) is 7.75. The van der Waals surface area contributed by atoms with Gasteiger partial charge in [0.1, 0.15) is 5.82 Å². The zero-order chi connectivity index (χ0) is 14.6. The molecule has 0 saturated carbocycles. The second-order valence-electron chi connectivity index (χ2n) is 4.18. The van der Waals surface area contributed by atoms with Crippen LogP contribution in [0.3, 0.4) is 0 Å². The van der Waals surface area contributed by atoms with Crippen LogP contribution < -0.4 is 10.5 Å². The Hall–Kier alpha value is -0.990. The lowest BCUT2D eigenvalue weighted by molar-refractivity contribution is 0.575. The molecular formula is C11H17FN2O3S2. The molecule has 2 atom stereocenters. The van der Waals surface area contributed by atoms with E-state index in [9.17, 15) is 17.0 Å². The van der Waals surface area contributed by atoms with Crippen LogP contribution in [0.4, 0.5) is 10.1 Å². The molecule has 0 bridgehead atoms. The molecule has 1 aromatic carbocycles. The molecule has 0 aromatic heterocycles. The minimum absolute atomic E-state index is 0.103. The number of rotatable bonds is 6. The summed E-state index contributed by atoms with van der Waals surface area (Å²) in [6, 6.07) is 3.31. The Morgan fingerprint density at radius 2 is 2.11 bits per heavy atom. The zero-order valence-corrected chi connectivity index (χ0v) is 12.4. The summed E-state index contributed by atoms with van der Waals surface area (Å²) >= 11 is 0. The van der Waals surface area contributed by atoms with Crippen LogP contribution in [-0.2, 0) is 20.8 Å². The lowest BCUT2D eigenvalue weighted by Gasteiger charge is -2.10. The molecule has 0 saturated heterocycles. The molecule has 1 aromatic rings. The summed E-state index contributed by atoms with van der Waals surface area (Å²) < 4.78 is 50.4. The first-order valence-electron chi connectivity index (χ1n) is 5.61. The number of anilines is 1. The van der Waals surface area contributed by atoms with E-state index in [1.165, 1.54) is 12.1 Å². The second kappa shape index (κ2) is 6.44. The van der Waals surface area contributed by atoms with Crippen molar-refractivity contribution >= 4 is 26.5 Å². The van der Waals surface area contributed by atoms with Crippen LogP contribution in [0.15, 0.2) is 23.1 Å². The Morgan fingerprint density at radius 1 is 1.47 bits per heavy atom. The quantitative estimate of drug-likeness (QED) is 0.762. The molecular weight excluding hydrogens is 291 g/mol. The molecule has 0 aliphatic heterocycles. The van der Waals surface area contributed by atoms with Gasteiger partial charge in [0.25, 0.3) is 0 Å². The summed E-state index contributed by atoms with van der Waals surface area (Å²) in [5, 5.41) is -0.106. The first kappa shape index (κ1) is 16.1. The van der Waals surface area contributed by atoms with E-state index in [2.05, 4.69) is 4.72 Å². The fraction of sp³-hybridized carbons (Fsp3) is 0.455. The normalized spacial score (nSPS) is 15.1. The minimum atomic E-state index is -3.77. The van der Waals surface area contributed by atoms with E-state index in [0.717, 1.165) is 6.07 Å². The third-order valence-corrected chi connectivity index (χ3v) is 5.52. The summed E-state index contributed by atoms with van der Waals surface area (Å²) in [4.78, 5) is -0.176. The van der Waals surface area contributed by atoms with Crippen LogP contribution in [0.25, 0.3) is 0 Å². The first-order chi connectivity index (χ1) is 8.74. The van der Waals surface area contributed by atoms with Crippen molar-refractivity contribution in [2.75, 3.05) is 18.5 Å². The maximum Gasteiger partial charge on any atom is 0.240 e. The maximum atomic E-state index is 13.2. The Bertz CT molecular complexity index is 575. The number of sulfonamides is 1. The van der Waals surface area contributed by atoms with Crippen LogP contribution in [0, 0.1) is 5.82 Å². The number of benzene rings is 1. The van der Waals surface area contributed by atoms with E-state index in [1.54, 1.807) is 13.2 Å². The summed E-state index contributed by atoms with van der Waals surface area (Å²) in [6.07, 6.45) is 2.01. The first-order valence-corrected chi connectivity index (χ1v) is 8.71. The molecule has 0 amide bonds. The van der Waals surface area contributed by atoms with Crippen LogP contribution in [0.5, 0.6) is 0 Å². The molecule has 0 fully saturated rings. The van der Waals surface area contributed by atoms with Gasteiger partial charge in [-0.15, -0.1) is 0 Å². The molecule has 0 heterocycles. The number of nitrogens with two attached hydrogens (primary N) is 1. The highest BCUT2D eigenvalue weighted by atomic mass is 32.2. The number of halogens is 1. The van der Waals surface area contributed by atoms with Crippen molar-refractivity contribution in [1.29, 1.82) is 0 Å². The van der Waals surface area contributed by atoms with E-state index in [-0.39, 0.29) is 22.4 Å². The third-order valence-electron chi connectivity index (χ3n) is 2.69. The molecule has 5 nitrogen and oxygen atoms in total. The Labute approximate surface area is 114 Å². The van der Waals surface area contributed by atoms with Gasteiger partial charge < -0.3 is 5.73 Å². The summed E-state index contributed by atoms with van der Waals surface area (Å²) in [5.41, 5.74) is 5.18. The van der Waals surface area contributed by atoms with E-state index in [4.69, 9.17) is 5.73 Å². The maximum absolute atomic E-state index is 13.2. The minimum Gasteiger partial charge on any atom is -0.396 e. The molecule has 108 valence electrons. The monoisotopic (exact) mass is 308 g/mol. The van der Waals surface area contributed by atoms with Crippen molar-refractivity contribution in [3.8, 4) is 0 Å². The van der Waals surface area contributed by atoms with Crippen LogP contribution in [-0.4, -0.2) is 30.7 Å². The van der Waals surface area contributed by atoms with Crippen molar-refractivity contribution in [1.82, 2.24) is 4.72 Å². The van der Waals surface area contributed by atoms with Gasteiger partial charge in [0, 0.05) is 28.9 Å². The van der Waals surface area contributed by atoms with Gasteiger partial charge in [0.2, 0.25) is 10.0 Å². The molecule has 19 heavy (non-hydrogen) atoms. The lowest BCUT2D eigenvalue weighted by Crippen LogP contribution is -2.27.